The number of aromatic amines is 1. The predicted octanol–water partition coefficient (Wildman–Crippen LogP) is 0.504. The minimum absolute atomic E-state index is 0.0268. The molecule has 0 aliphatic rings. The molecule has 90 valence electrons. The molecule has 0 spiro atoms. The Labute approximate surface area is 95.8 Å². The standard InChI is InChI=1S/C11H20N4O/c1-8(12)6-11(16)13-5-3-4-10-7-14-15-9(10)2/h7-8H,3-6,12H2,1-2H3,(H,13,16)(H,14,15). The summed E-state index contributed by atoms with van der Waals surface area (Å²) in [5.41, 5.74) is 7.83. The van der Waals surface area contributed by atoms with E-state index >= 15 is 0 Å². The first-order chi connectivity index (χ1) is 7.59. The highest BCUT2D eigenvalue weighted by Crippen LogP contribution is 2.04. The summed E-state index contributed by atoms with van der Waals surface area (Å²) in [5.74, 6) is 0.0268. The van der Waals surface area contributed by atoms with Crippen molar-refractivity contribution in [3.05, 3.63) is 17.5 Å². The molecule has 0 saturated heterocycles. The maximum atomic E-state index is 11.3. The van der Waals surface area contributed by atoms with Crippen LogP contribution in [0.1, 0.15) is 31.0 Å². The molecule has 16 heavy (non-hydrogen) atoms. The van der Waals surface area contributed by atoms with Gasteiger partial charge in [0.05, 0.1) is 6.20 Å². The lowest BCUT2D eigenvalue weighted by atomic mass is 10.1. The van der Waals surface area contributed by atoms with Crippen LogP contribution >= 0.6 is 0 Å². The van der Waals surface area contributed by atoms with Crippen LogP contribution in [0.2, 0.25) is 0 Å². The highest BCUT2D eigenvalue weighted by Gasteiger charge is 2.04. The quantitative estimate of drug-likeness (QED) is 0.615. The maximum absolute atomic E-state index is 11.3. The predicted molar refractivity (Wildman–Crippen MR) is 62.9 cm³/mol. The molecule has 0 aliphatic carbocycles. The fourth-order valence-corrected chi connectivity index (χ4v) is 1.50. The molecular weight excluding hydrogens is 204 g/mol. The van der Waals surface area contributed by atoms with Gasteiger partial charge in [0.1, 0.15) is 0 Å². The normalized spacial score (nSPS) is 12.4. The summed E-state index contributed by atoms with van der Waals surface area (Å²) in [6.07, 6.45) is 4.08. The molecular formula is C11H20N4O. The zero-order valence-corrected chi connectivity index (χ0v) is 9.92. The number of aromatic nitrogens is 2. The van der Waals surface area contributed by atoms with Crippen LogP contribution in [0.25, 0.3) is 0 Å². The molecule has 1 heterocycles. The van der Waals surface area contributed by atoms with E-state index in [0.29, 0.717) is 13.0 Å². The molecule has 5 nitrogen and oxygen atoms in total. The number of rotatable bonds is 6. The Bertz CT molecular complexity index is 332. The molecule has 0 saturated carbocycles. The van der Waals surface area contributed by atoms with Crippen LogP contribution in [0, 0.1) is 6.92 Å². The molecule has 1 unspecified atom stereocenters. The Morgan fingerprint density at radius 1 is 1.69 bits per heavy atom. The van der Waals surface area contributed by atoms with Crippen LogP contribution in [0.5, 0.6) is 0 Å². The largest absolute Gasteiger partial charge is 0.356 e. The van der Waals surface area contributed by atoms with Crippen molar-refractivity contribution in [2.45, 2.75) is 39.2 Å². The van der Waals surface area contributed by atoms with E-state index in [1.165, 1.54) is 5.56 Å². The average molecular weight is 224 g/mol. The number of hydrogen-bond acceptors (Lipinski definition) is 3. The van der Waals surface area contributed by atoms with Gasteiger partial charge in [0.2, 0.25) is 5.91 Å². The van der Waals surface area contributed by atoms with Crippen molar-refractivity contribution in [2.75, 3.05) is 6.54 Å². The van der Waals surface area contributed by atoms with E-state index in [-0.39, 0.29) is 11.9 Å². The number of nitrogens with zero attached hydrogens (tertiary/aromatic N) is 1. The average Bonchev–Trinajstić information content (AvgIpc) is 2.58. The second-order valence-corrected chi connectivity index (χ2v) is 4.16. The third kappa shape index (κ3) is 4.44. The van der Waals surface area contributed by atoms with Crippen molar-refractivity contribution in [1.82, 2.24) is 15.5 Å². The smallest absolute Gasteiger partial charge is 0.221 e. The summed E-state index contributed by atoms with van der Waals surface area (Å²) in [4.78, 5) is 11.3. The third-order valence-corrected chi connectivity index (χ3v) is 2.39. The van der Waals surface area contributed by atoms with Gasteiger partial charge in [-0.3, -0.25) is 9.89 Å². The van der Waals surface area contributed by atoms with Crippen molar-refractivity contribution in [2.24, 2.45) is 5.73 Å². The SMILES string of the molecule is Cc1[nH]ncc1CCCNC(=O)CC(C)N. The van der Waals surface area contributed by atoms with Gasteiger partial charge < -0.3 is 11.1 Å². The highest BCUT2D eigenvalue weighted by molar-refractivity contribution is 5.76. The summed E-state index contributed by atoms with van der Waals surface area (Å²) in [6, 6.07) is -0.0730. The molecule has 0 aromatic carbocycles. The van der Waals surface area contributed by atoms with Gasteiger partial charge in [-0.2, -0.15) is 5.10 Å². The topological polar surface area (TPSA) is 83.8 Å². The molecule has 1 rings (SSSR count). The Kier molecular flexibility index (Phi) is 4.98. The summed E-state index contributed by atoms with van der Waals surface area (Å²) in [5, 5.41) is 9.68. The molecule has 0 fully saturated rings. The first-order valence-corrected chi connectivity index (χ1v) is 5.60. The number of aryl methyl sites for hydroxylation is 2. The van der Waals surface area contributed by atoms with E-state index < -0.39 is 0 Å². The van der Waals surface area contributed by atoms with E-state index in [1.54, 1.807) is 0 Å². The van der Waals surface area contributed by atoms with Gasteiger partial charge in [0.25, 0.3) is 0 Å². The molecule has 1 aromatic rings. The zero-order chi connectivity index (χ0) is 12.0. The van der Waals surface area contributed by atoms with E-state index in [2.05, 4.69) is 15.5 Å². The number of H-pyrrole nitrogens is 1. The van der Waals surface area contributed by atoms with E-state index in [0.717, 1.165) is 18.5 Å². The lowest BCUT2D eigenvalue weighted by Gasteiger charge is -2.06. The van der Waals surface area contributed by atoms with Crippen molar-refractivity contribution < 1.29 is 4.79 Å². The second kappa shape index (κ2) is 6.27. The van der Waals surface area contributed by atoms with Gasteiger partial charge in [0.15, 0.2) is 0 Å². The fourth-order valence-electron chi connectivity index (χ4n) is 1.50. The van der Waals surface area contributed by atoms with Gasteiger partial charge in [-0.05, 0) is 32.3 Å². The number of nitrogens with one attached hydrogen (secondary N) is 2. The van der Waals surface area contributed by atoms with Crippen LogP contribution in [0.4, 0.5) is 0 Å². The van der Waals surface area contributed by atoms with Crippen molar-refractivity contribution in [3.8, 4) is 0 Å². The summed E-state index contributed by atoms with van der Waals surface area (Å²) >= 11 is 0. The fraction of sp³-hybridized carbons (Fsp3) is 0.636. The number of amides is 1. The summed E-state index contributed by atoms with van der Waals surface area (Å²) in [7, 11) is 0. The number of hydrogen-bond donors (Lipinski definition) is 3. The van der Waals surface area contributed by atoms with Crippen molar-refractivity contribution in [3.63, 3.8) is 0 Å². The van der Waals surface area contributed by atoms with E-state index in [1.807, 2.05) is 20.0 Å². The van der Waals surface area contributed by atoms with Crippen LogP contribution < -0.4 is 11.1 Å². The Balaban J connectivity index is 2.13. The van der Waals surface area contributed by atoms with Gasteiger partial charge in [-0.1, -0.05) is 0 Å². The van der Waals surface area contributed by atoms with Crippen LogP contribution in [0.15, 0.2) is 6.20 Å². The van der Waals surface area contributed by atoms with Crippen LogP contribution in [0.3, 0.4) is 0 Å². The van der Waals surface area contributed by atoms with E-state index in [9.17, 15) is 4.79 Å². The Hall–Kier alpha value is -1.36. The van der Waals surface area contributed by atoms with Crippen molar-refractivity contribution in [1.29, 1.82) is 0 Å². The van der Waals surface area contributed by atoms with Gasteiger partial charge in [-0.15, -0.1) is 0 Å². The van der Waals surface area contributed by atoms with Crippen molar-refractivity contribution >= 4 is 5.91 Å². The first kappa shape index (κ1) is 12.7. The Morgan fingerprint density at radius 2 is 2.44 bits per heavy atom. The van der Waals surface area contributed by atoms with Crippen LogP contribution in [-0.2, 0) is 11.2 Å². The molecule has 0 radical (unpaired) electrons. The molecule has 5 heteroatoms. The first-order valence-electron chi connectivity index (χ1n) is 5.60. The number of carbonyl (C=O) groups is 1. The number of carbonyl (C=O) groups excluding carboxylic acids is 1. The Morgan fingerprint density at radius 3 is 3.00 bits per heavy atom. The summed E-state index contributed by atoms with van der Waals surface area (Å²) < 4.78 is 0. The van der Waals surface area contributed by atoms with Crippen LogP contribution in [-0.4, -0.2) is 28.7 Å². The lowest BCUT2D eigenvalue weighted by molar-refractivity contribution is -0.121. The van der Waals surface area contributed by atoms with Gasteiger partial charge in [0, 0.05) is 24.7 Å². The number of nitrogens with two attached hydrogens (primary N) is 1. The summed E-state index contributed by atoms with van der Waals surface area (Å²) in [6.45, 7) is 4.52. The maximum Gasteiger partial charge on any atom is 0.221 e. The van der Waals surface area contributed by atoms with Gasteiger partial charge in [-0.25, -0.2) is 0 Å². The molecule has 0 bridgehead atoms. The van der Waals surface area contributed by atoms with E-state index in [4.69, 9.17) is 5.73 Å². The molecule has 4 N–H and O–H groups in total. The molecule has 1 amide bonds. The monoisotopic (exact) mass is 224 g/mol. The zero-order valence-electron chi connectivity index (χ0n) is 9.92. The lowest BCUT2D eigenvalue weighted by Crippen LogP contribution is -2.30. The minimum Gasteiger partial charge on any atom is -0.356 e. The molecule has 0 aliphatic heterocycles. The second-order valence-electron chi connectivity index (χ2n) is 4.16. The van der Waals surface area contributed by atoms with Gasteiger partial charge >= 0.3 is 0 Å². The highest BCUT2D eigenvalue weighted by atomic mass is 16.1. The minimum atomic E-state index is -0.0730. The molecule has 1 aromatic heterocycles. The molecule has 1 atom stereocenters. The third-order valence-electron chi connectivity index (χ3n) is 2.39.